The van der Waals surface area contributed by atoms with Crippen LogP contribution in [-0.4, -0.2) is 15.7 Å². The average molecular weight is 381 g/mol. The molecule has 0 spiro atoms. The molecule has 0 bridgehead atoms. The molecule has 6 heteroatoms. The third kappa shape index (κ3) is 3.40. The van der Waals surface area contributed by atoms with Crippen molar-refractivity contribution in [3.05, 3.63) is 88.1 Å². The molecule has 2 heterocycles. The van der Waals surface area contributed by atoms with Crippen LogP contribution in [0.5, 0.6) is 5.88 Å². The van der Waals surface area contributed by atoms with Gasteiger partial charge in [0.1, 0.15) is 4.88 Å². The van der Waals surface area contributed by atoms with Gasteiger partial charge in [-0.1, -0.05) is 54.1 Å². The summed E-state index contributed by atoms with van der Waals surface area (Å²) in [5.41, 5.74) is 2.36. The number of hydrogen-bond acceptors (Lipinski definition) is 4. The van der Waals surface area contributed by atoms with E-state index in [-0.39, 0.29) is 0 Å². The lowest BCUT2D eigenvalue weighted by molar-refractivity contribution is 0.0728. The maximum atomic E-state index is 12.4. The Bertz CT molecular complexity index is 1040. The van der Waals surface area contributed by atoms with Crippen LogP contribution in [0.3, 0.4) is 0 Å². The second-order valence-corrected chi connectivity index (χ2v) is 6.88. The molecule has 4 aromatic rings. The lowest BCUT2D eigenvalue weighted by Gasteiger charge is -2.07. The first-order chi connectivity index (χ1) is 12.7. The van der Waals surface area contributed by atoms with Crippen molar-refractivity contribution in [3.8, 4) is 22.8 Å². The van der Waals surface area contributed by atoms with E-state index in [9.17, 15) is 4.79 Å². The first-order valence-electron chi connectivity index (χ1n) is 7.88. The molecule has 0 aliphatic heterocycles. The van der Waals surface area contributed by atoms with Crippen molar-refractivity contribution in [3.63, 3.8) is 0 Å². The van der Waals surface area contributed by atoms with Crippen LogP contribution < -0.4 is 4.74 Å². The van der Waals surface area contributed by atoms with Gasteiger partial charge in [0.25, 0.3) is 0 Å². The van der Waals surface area contributed by atoms with E-state index in [1.54, 1.807) is 28.9 Å². The van der Waals surface area contributed by atoms with Gasteiger partial charge in [-0.2, -0.15) is 9.78 Å². The first-order valence-corrected chi connectivity index (χ1v) is 9.13. The molecule has 4 rings (SSSR count). The summed E-state index contributed by atoms with van der Waals surface area (Å²) >= 11 is 7.44. The van der Waals surface area contributed by atoms with Gasteiger partial charge in [0.05, 0.1) is 11.4 Å². The monoisotopic (exact) mass is 380 g/mol. The molecular formula is C20H13ClN2O2S. The normalized spacial score (nSPS) is 10.7. The summed E-state index contributed by atoms with van der Waals surface area (Å²) in [6, 6.07) is 22.2. The summed E-state index contributed by atoms with van der Waals surface area (Å²) < 4.78 is 7.20. The number of hydrogen-bond donors (Lipinski definition) is 0. The molecule has 2 aromatic heterocycles. The van der Waals surface area contributed by atoms with Crippen molar-refractivity contribution < 1.29 is 9.53 Å². The van der Waals surface area contributed by atoms with E-state index in [0.29, 0.717) is 27.2 Å². The van der Waals surface area contributed by atoms with Gasteiger partial charge in [0.2, 0.25) is 5.88 Å². The largest absolute Gasteiger partial charge is 0.403 e. The molecule has 2 aromatic carbocycles. The third-order valence-electron chi connectivity index (χ3n) is 3.72. The van der Waals surface area contributed by atoms with Gasteiger partial charge in [-0.05, 0) is 29.6 Å². The topological polar surface area (TPSA) is 44.1 Å². The Hall–Kier alpha value is -2.89. The van der Waals surface area contributed by atoms with Crippen molar-refractivity contribution >= 4 is 28.9 Å². The quantitative estimate of drug-likeness (QED) is 0.441. The number of nitrogens with zero attached hydrogens (tertiary/aromatic N) is 2. The molecule has 0 amide bonds. The minimum Gasteiger partial charge on any atom is -0.403 e. The Morgan fingerprint density at radius 2 is 1.85 bits per heavy atom. The SMILES string of the molecule is O=C(Oc1cc(-c2ccccc2)nn1-c1cccc(Cl)c1)c1cccs1. The number of rotatable bonds is 4. The molecule has 0 atom stereocenters. The van der Waals surface area contributed by atoms with Crippen LogP contribution in [0, 0.1) is 0 Å². The lowest BCUT2D eigenvalue weighted by atomic mass is 10.2. The number of halogens is 1. The average Bonchev–Trinajstić information content (AvgIpc) is 3.33. The Kier molecular flexibility index (Phi) is 4.56. The van der Waals surface area contributed by atoms with E-state index >= 15 is 0 Å². The molecule has 0 unspecified atom stereocenters. The van der Waals surface area contributed by atoms with E-state index in [1.807, 2.05) is 53.9 Å². The van der Waals surface area contributed by atoms with Crippen LogP contribution >= 0.6 is 22.9 Å². The van der Waals surface area contributed by atoms with E-state index in [4.69, 9.17) is 16.3 Å². The van der Waals surface area contributed by atoms with Gasteiger partial charge >= 0.3 is 5.97 Å². The van der Waals surface area contributed by atoms with Crippen LogP contribution in [0.1, 0.15) is 9.67 Å². The van der Waals surface area contributed by atoms with E-state index < -0.39 is 5.97 Å². The molecule has 0 saturated carbocycles. The number of esters is 1. The molecule has 4 nitrogen and oxygen atoms in total. The summed E-state index contributed by atoms with van der Waals surface area (Å²) in [7, 11) is 0. The molecule has 0 saturated heterocycles. The Balaban J connectivity index is 1.77. The fourth-order valence-corrected chi connectivity index (χ4v) is 3.30. The van der Waals surface area contributed by atoms with Gasteiger partial charge in [-0.3, -0.25) is 0 Å². The van der Waals surface area contributed by atoms with Gasteiger partial charge in [0, 0.05) is 16.7 Å². The highest BCUT2D eigenvalue weighted by Gasteiger charge is 2.17. The number of ether oxygens (including phenoxy) is 1. The highest BCUT2D eigenvalue weighted by atomic mass is 35.5. The molecule has 26 heavy (non-hydrogen) atoms. The number of carbonyl (C=O) groups excluding carboxylic acids is 1. The molecule has 128 valence electrons. The second-order valence-electron chi connectivity index (χ2n) is 5.49. The zero-order valence-electron chi connectivity index (χ0n) is 13.5. The van der Waals surface area contributed by atoms with Crippen LogP contribution in [0.25, 0.3) is 16.9 Å². The van der Waals surface area contributed by atoms with Crippen molar-refractivity contribution in [2.45, 2.75) is 0 Å². The predicted molar refractivity (Wildman–Crippen MR) is 103 cm³/mol. The van der Waals surface area contributed by atoms with E-state index in [1.165, 1.54) is 11.3 Å². The fraction of sp³-hybridized carbons (Fsp3) is 0. The summed E-state index contributed by atoms with van der Waals surface area (Å²) in [6.07, 6.45) is 0. The van der Waals surface area contributed by atoms with Gasteiger partial charge in [0.15, 0.2) is 0 Å². The lowest BCUT2D eigenvalue weighted by Crippen LogP contribution is -2.10. The van der Waals surface area contributed by atoms with E-state index in [2.05, 4.69) is 5.10 Å². The zero-order valence-corrected chi connectivity index (χ0v) is 15.1. The molecule has 0 fully saturated rings. The van der Waals surface area contributed by atoms with Crippen LogP contribution in [0.2, 0.25) is 5.02 Å². The van der Waals surface area contributed by atoms with Crippen LogP contribution in [0.15, 0.2) is 78.2 Å². The second kappa shape index (κ2) is 7.15. The summed E-state index contributed by atoms with van der Waals surface area (Å²) in [4.78, 5) is 12.9. The fourth-order valence-electron chi connectivity index (χ4n) is 2.52. The number of aromatic nitrogens is 2. The number of carbonyl (C=O) groups is 1. The number of thiophene rings is 1. The molecule has 0 radical (unpaired) electrons. The maximum absolute atomic E-state index is 12.4. The predicted octanol–water partition coefficient (Wildman–Crippen LogP) is 5.47. The van der Waals surface area contributed by atoms with Crippen molar-refractivity contribution in [2.24, 2.45) is 0 Å². The highest BCUT2D eigenvalue weighted by molar-refractivity contribution is 7.12. The minimum absolute atomic E-state index is 0.338. The van der Waals surface area contributed by atoms with Crippen molar-refractivity contribution in [2.75, 3.05) is 0 Å². The number of benzene rings is 2. The van der Waals surface area contributed by atoms with Crippen LogP contribution in [-0.2, 0) is 0 Å². The molecular weight excluding hydrogens is 368 g/mol. The summed E-state index contributed by atoms with van der Waals surface area (Å²) in [5, 5.41) is 7.02. The van der Waals surface area contributed by atoms with Gasteiger partial charge in [-0.25, -0.2) is 4.79 Å². The maximum Gasteiger partial charge on any atom is 0.355 e. The van der Waals surface area contributed by atoms with Crippen molar-refractivity contribution in [1.82, 2.24) is 9.78 Å². The molecule has 0 aliphatic carbocycles. The van der Waals surface area contributed by atoms with Crippen molar-refractivity contribution in [1.29, 1.82) is 0 Å². The molecule has 0 aliphatic rings. The van der Waals surface area contributed by atoms with Gasteiger partial charge in [-0.15, -0.1) is 11.3 Å². The van der Waals surface area contributed by atoms with E-state index in [0.717, 1.165) is 5.56 Å². The summed E-state index contributed by atoms with van der Waals surface area (Å²) in [6.45, 7) is 0. The Labute approximate surface area is 159 Å². The van der Waals surface area contributed by atoms with Gasteiger partial charge < -0.3 is 4.74 Å². The van der Waals surface area contributed by atoms with Crippen LogP contribution in [0.4, 0.5) is 0 Å². The Morgan fingerprint density at radius 1 is 1.00 bits per heavy atom. The Morgan fingerprint density at radius 3 is 2.58 bits per heavy atom. The molecule has 0 N–H and O–H groups in total. The minimum atomic E-state index is -0.414. The zero-order chi connectivity index (χ0) is 17.9. The summed E-state index contributed by atoms with van der Waals surface area (Å²) in [5.74, 6) is -0.0766. The third-order valence-corrected chi connectivity index (χ3v) is 4.80. The smallest absolute Gasteiger partial charge is 0.355 e. The standard InChI is InChI=1S/C20H13ClN2O2S/c21-15-8-4-9-16(12-15)23-19(25-20(24)18-10-5-11-26-18)13-17(22-23)14-6-2-1-3-7-14/h1-13H. The highest BCUT2D eigenvalue weighted by Crippen LogP contribution is 2.28. The first kappa shape index (κ1) is 16.6.